The minimum absolute atomic E-state index is 0.0342. The van der Waals surface area contributed by atoms with Crippen molar-refractivity contribution in [1.82, 2.24) is 20.2 Å². The van der Waals surface area contributed by atoms with Crippen molar-refractivity contribution >= 4 is 0 Å². The Balaban J connectivity index is 1.43. The molecule has 0 spiro atoms. The number of hydrogen-bond donors (Lipinski definition) is 2. The Labute approximate surface area is 213 Å². The van der Waals surface area contributed by atoms with E-state index in [1.807, 2.05) is 6.07 Å². The highest BCUT2D eigenvalue weighted by atomic mass is 19.2. The summed E-state index contributed by atoms with van der Waals surface area (Å²) in [6.45, 7) is 3.21. The van der Waals surface area contributed by atoms with E-state index in [2.05, 4.69) is 22.4 Å². The smallest absolute Gasteiger partial charge is 0.168 e. The van der Waals surface area contributed by atoms with Crippen LogP contribution in [0.1, 0.15) is 55.7 Å². The molecule has 2 aliphatic rings. The van der Waals surface area contributed by atoms with Crippen molar-refractivity contribution in [2.24, 2.45) is 0 Å². The fourth-order valence-electron chi connectivity index (χ4n) is 5.62. The van der Waals surface area contributed by atoms with Gasteiger partial charge in [0, 0.05) is 30.6 Å². The molecular formula is C26H32F2N4O5. The molecule has 1 aliphatic carbocycles. The number of benzene rings is 1. The molecule has 3 heterocycles. The molecule has 1 aromatic carbocycles. The maximum absolute atomic E-state index is 14.6. The van der Waals surface area contributed by atoms with E-state index in [1.165, 1.54) is 37.0 Å². The molecular weight excluding hydrogens is 486 g/mol. The third-order valence-corrected chi connectivity index (χ3v) is 7.87. The van der Waals surface area contributed by atoms with Gasteiger partial charge >= 0.3 is 0 Å². The van der Waals surface area contributed by atoms with Crippen molar-refractivity contribution in [3.05, 3.63) is 53.0 Å². The van der Waals surface area contributed by atoms with Gasteiger partial charge in [-0.05, 0) is 31.4 Å². The fraction of sp³-hybridized carbons (Fsp3) is 0.577. The van der Waals surface area contributed by atoms with Crippen LogP contribution in [-0.4, -0.2) is 68.5 Å². The molecule has 5 atom stereocenters. The van der Waals surface area contributed by atoms with E-state index in [-0.39, 0.29) is 22.2 Å². The van der Waals surface area contributed by atoms with Crippen LogP contribution in [0.4, 0.5) is 8.78 Å². The summed E-state index contributed by atoms with van der Waals surface area (Å²) < 4.78 is 47.6. The van der Waals surface area contributed by atoms with Crippen molar-refractivity contribution in [1.29, 1.82) is 0 Å². The Bertz CT molecular complexity index is 1240. The number of aryl methyl sites for hydroxylation is 1. The molecule has 37 heavy (non-hydrogen) atoms. The Morgan fingerprint density at radius 2 is 1.95 bits per heavy atom. The number of halogens is 2. The summed E-state index contributed by atoms with van der Waals surface area (Å²) in [7, 11) is 1.49. The van der Waals surface area contributed by atoms with Gasteiger partial charge in [-0.2, -0.15) is 0 Å². The molecule has 2 fully saturated rings. The van der Waals surface area contributed by atoms with Gasteiger partial charge in [0.05, 0.1) is 24.6 Å². The van der Waals surface area contributed by atoms with Crippen molar-refractivity contribution in [3.8, 4) is 11.3 Å². The van der Waals surface area contributed by atoms with Crippen LogP contribution in [-0.2, 0) is 21.3 Å². The van der Waals surface area contributed by atoms with Gasteiger partial charge in [0.1, 0.15) is 35.8 Å². The Morgan fingerprint density at radius 1 is 1.19 bits per heavy atom. The maximum atomic E-state index is 14.6. The number of aliphatic hydroxyl groups excluding tert-OH is 2. The van der Waals surface area contributed by atoms with Crippen LogP contribution in [0, 0.1) is 18.6 Å². The van der Waals surface area contributed by atoms with Gasteiger partial charge < -0.3 is 24.2 Å². The molecule has 0 bridgehead atoms. The highest BCUT2D eigenvalue weighted by molar-refractivity contribution is 5.59. The first-order valence-corrected chi connectivity index (χ1v) is 12.6. The summed E-state index contributed by atoms with van der Waals surface area (Å²) in [6, 6.07) is 4.02. The normalized spacial score (nSPS) is 27.6. The van der Waals surface area contributed by atoms with Gasteiger partial charge in [-0.3, -0.25) is 0 Å². The number of aromatic nitrogens is 4. The molecule has 3 aromatic rings. The van der Waals surface area contributed by atoms with Gasteiger partial charge in [-0.1, -0.05) is 36.2 Å². The minimum Gasteiger partial charge on any atom is -0.394 e. The topological polar surface area (TPSA) is 116 Å². The van der Waals surface area contributed by atoms with Gasteiger partial charge in [-0.15, -0.1) is 5.10 Å². The van der Waals surface area contributed by atoms with E-state index < -0.39 is 48.7 Å². The lowest BCUT2D eigenvalue weighted by atomic mass is 9.85. The first-order valence-electron chi connectivity index (χ1n) is 12.6. The van der Waals surface area contributed by atoms with Gasteiger partial charge in [0.25, 0.3) is 0 Å². The van der Waals surface area contributed by atoms with Crippen molar-refractivity contribution in [2.75, 3.05) is 13.7 Å². The molecule has 1 saturated carbocycles. The summed E-state index contributed by atoms with van der Waals surface area (Å²) in [6.07, 6.45) is 2.69. The van der Waals surface area contributed by atoms with Gasteiger partial charge in [0.15, 0.2) is 11.6 Å². The van der Waals surface area contributed by atoms with Gasteiger partial charge in [0.2, 0.25) is 0 Å². The van der Waals surface area contributed by atoms with Crippen LogP contribution in [0.2, 0.25) is 0 Å². The molecule has 0 amide bonds. The molecule has 0 unspecified atom stereocenters. The second-order valence-electron chi connectivity index (χ2n) is 10.4. The summed E-state index contributed by atoms with van der Waals surface area (Å²) in [5.41, 5.74) is 0.884. The molecule has 11 heteroatoms. The van der Waals surface area contributed by atoms with E-state index in [4.69, 9.17) is 14.0 Å². The van der Waals surface area contributed by atoms with E-state index >= 15 is 0 Å². The van der Waals surface area contributed by atoms with E-state index in [9.17, 15) is 19.0 Å². The quantitative estimate of drug-likeness (QED) is 0.490. The summed E-state index contributed by atoms with van der Waals surface area (Å²) in [4.78, 5) is 0. The zero-order valence-electron chi connectivity index (χ0n) is 21.1. The summed E-state index contributed by atoms with van der Waals surface area (Å²) in [5, 5.41) is 33.4. The third-order valence-electron chi connectivity index (χ3n) is 7.87. The SMILES string of the molecule is CO[C@@H]1[C@@H](n2cc(-c3ccc(C)c(F)c3F)nn2)[C@@H](O)[C@@H](CO)O[C@@H]1Cc1cc(C2(C)CCCC2)on1. The van der Waals surface area contributed by atoms with E-state index in [0.717, 1.165) is 31.4 Å². The highest BCUT2D eigenvalue weighted by Gasteiger charge is 2.47. The fourth-order valence-corrected chi connectivity index (χ4v) is 5.62. The molecule has 1 aliphatic heterocycles. The number of ether oxygens (including phenoxy) is 2. The average molecular weight is 519 g/mol. The maximum Gasteiger partial charge on any atom is 0.168 e. The molecule has 5 rings (SSSR count). The number of nitrogens with zero attached hydrogens (tertiary/aromatic N) is 4. The molecule has 200 valence electrons. The Hall–Kier alpha value is -2.73. The molecule has 1 saturated heterocycles. The lowest BCUT2D eigenvalue weighted by molar-refractivity contribution is -0.212. The number of hydrogen-bond acceptors (Lipinski definition) is 8. The average Bonchev–Trinajstić information content (AvgIpc) is 3.65. The van der Waals surface area contributed by atoms with E-state index in [1.54, 1.807) is 0 Å². The first-order chi connectivity index (χ1) is 17.8. The number of aliphatic hydroxyl groups is 2. The van der Waals surface area contributed by atoms with Crippen LogP contribution >= 0.6 is 0 Å². The second-order valence-corrected chi connectivity index (χ2v) is 10.4. The summed E-state index contributed by atoms with van der Waals surface area (Å²) >= 11 is 0. The number of methoxy groups -OCH3 is 1. The van der Waals surface area contributed by atoms with Crippen LogP contribution < -0.4 is 0 Å². The van der Waals surface area contributed by atoms with Crippen molar-refractivity contribution in [3.63, 3.8) is 0 Å². The zero-order valence-corrected chi connectivity index (χ0v) is 21.1. The standard InChI is InChI=1S/C26H32F2N4O5/c1-14-6-7-16(22(28)21(14)27)17-12-32(31-29-17)23-24(34)19(13-33)36-18(25(23)35-3)10-15-11-20(37-30-15)26(2)8-4-5-9-26/h6-7,11-12,18-19,23-25,33-34H,4-5,8-10,13H2,1-3H3/t18-,19-,23+,24+,25+/m1/s1. The monoisotopic (exact) mass is 518 g/mol. The van der Waals surface area contributed by atoms with E-state index in [0.29, 0.717) is 12.1 Å². The predicted molar refractivity (Wildman–Crippen MR) is 128 cm³/mol. The molecule has 9 nitrogen and oxygen atoms in total. The zero-order chi connectivity index (χ0) is 26.3. The third kappa shape index (κ3) is 4.69. The lowest BCUT2D eigenvalue weighted by Crippen LogP contribution is -2.57. The predicted octanol–water partition coefficient (Wildman–Crippen LogP) is 3.27. The van der Waals surface area contributed by atoms with Crippen LogP contribution in [0.3, 0.4) is 0 Å². The van der Waals surface area contributed by atoms with Crippen LogP contribution in [0.15, 0.2) is 28.9 Å². The van der Waals surface area contributed by atoms with Crippen molar-refractivity contribution in [2.45, 2.75) is 81.8 Å². The highest BCUT2D eigenvalue weighted by Crippen LogP contribution is 2.41. The lowest BCUT2D eigenvalue weighted by Gasteiger charge is -2.43. The van der Waals surface area contributed by atoms with Crippen molar-refractivity contribution < 1.29 is 33.0 Å². The molecule has 2 aromatic heterocycles. The molecule has 0 radical (unpaired) electrons. The van der Waals surface area contributed by atoms with Gasteiger partial charge in [-0.25, -0.2) is 13.5 Å². The first kappa shape index (κ1) is 25.9. The van der Waals surface area contributed by atoms with Crippen LogP contribution in [0.5, 0.6) is 0 Å². The second kappa shape index (κ2) is 10.2. The van der Waals surface area contributed by atoms with Crippen LogP contribution in [0.25, 0.3) is 11.3 Å². The molecule has 2 N–H and O–H groups in total. The Kier molecular flexibility index (Phi) is 7.14. The number of rotatable bonds is 7. The summed E-state index contributed by atoms with van der Waals surface area (Å²) in [5.74, 6) is -1.13. The minimum atomic E-state index is -1.20. The largest absolute Gasteiger partial charge is 0.394 e. The Morgan fingerprint density at radius 3 is 2.65 bits per heavy atom.